The molecule has 0 radical (unpaired) electrons. The van der Waals surface area contributed by atoms with Crippen molar-refractivity contribution in [3.8, 4) is 16.9 Å². The van der Waals surface area contributed by atoms with E-state index in [1.54, 1.807) is 13.1 Å². The number of carbonyl (C=O) groups is 1. The minimum atomic E-state index is -0.810. The topological polar surface area (TPSA) is 72.3 Å². The molecule has 5 rings (SSSR count). The molecule has 0 aromatic heterocycles. The highest BCUT2D eigenvalue weighted by Crippen LogP contribution is 2.51. The number of guanidine groups is 1. The Morgan fingerprint density at radius 1 is 1.09 bits per heavy atom. The van der Waals surface area contributed by atoms with Crippen molar-refractivity contribution in [3.05, 3.63) is 95.3 Å². The van der Waals surface area contributed by atoms with E-state index in [0.29, 0.717) is 17.9 Å². The van der Waals surface area contributed by atoms with Crippen molar-refractivity contribution >= 4 is 17.6 Å². The molecule has 0 fully saturated rings. The molecule has 2 N–H and O–H groups in total. The molecule has 158 valence electrons. The number of aliphatic imine (C=N–C) groups is 1. The highest BCUT2D eigenvalue weighted by Gasteiger charge is 2.47. The average molecular weight is 422 g/mol. The molecule has 0 saturated carbocycles. The SMILES string of the molecule is [C-]#[N+]c1cccc(-c2ccc3c(c2)C2(CC(=O)N(C)C(N)=N2)CC(c2ccccc2)O3)c1. The number of carbonyl (C=O) groups excluding carboxylic acids is 1. The molecule has 1 amide bonds. The minimum Gasteiger partial charge on any atom is -0.485 e. The van der Waals surface area contributed by atoms with Crippen LogP contribution >= 0.6 is 0 Å². The third kappa shape index (κ3) is 3.28. The zero-order valence-electron chi connectivity index (χ0n) is 17.7. The van der Waals surface area contributed by atoms with Gasteiger partial charge in [0.2, 0.25) is 5.91 Å². The Labute approximate surface area is 186 Å². The van der Waals surface area contributed by atoms with Crippen LogP contribution in [0.2, 0.25) is 0 Å². The maximum atomic E-state index is 12.9. The maximum absolute atomic E-state index is 12.9. The lowest BCUT2D eigenvalue weighted by Crippen LogP contribution is -2.50. The lowest BCUT2D eigenvalue weighted by atomic mass is 9.76. The molecule has 0 bridgehead atoms. The molecule has 2 heterocycles. The Bertz CT molecular complexity index is 1280. The van der Waals surface area contributed by atoms with Crippen molar-refractivity contribution in [2.45, 2.75) is 24.5 Å². The number of benzene rings is 3. The van der Waals surface area contributed by atoms with E-state index in [1.165, 1.54) is 4.90 Å². The quantitative estimate of drug-likeness (QED) is 0.603. The molecule has 3 aromatic carbocycles. The molecule has 1 spiro atoms. The molecule has 32 heavy (non-hydrogen) atoms. The Hall–Kier alpha value is -4.11. The predicted molar refractivity (Wildman–Crippen MR) is 123 cm³/mol. The Morgan fingerprint density at radius 2 is 1.88 bits per heavy atom. The van der Waals surface area contributed by atoms with E-state index in [-0.39, 0.29) is 24.4 Å². The first-order chi connectivity index (χ1) is 15.5. The van der Waals surface area contributed by atoms with Gasteiger partial charge in [-0.2, -0.15) is 0 Å². The lowest BCUT2D eigenvalue weighted by molar-refractivity contribution is -0.129. The second kappa shape index (κ2) is 7.54. The Kier molecular flexibility index (Phi) is 4.67. The number of ether oxygens (including phenoxy) is 1. The molecular weight excluding hydrogens is 400 g/mol. The van der Waals surface area contributed by atoms with Crippen molar-refractivity contribution in [3.63, 3.8) is 0 Å². The fraction of sp³-hybridized carbons (Fsp3) is 0.192. The van der Waals surface area contributed by atoms with Crippen LogP contribution in [0.1, 0.15) is 30.1 Å². The van der Waals surface area contributed by atoms with Gasteiger partial charge in [0.1, 0.15) is 17.4 Å². The number of amides is 1. The van der Waals surface area contributed by atoms with Gasteiger partial charge in [-0.3, -0.25) is 9.69 Å². The summed E-state index contributed by atoms with van der Waals surface area (Å²) in [4.78, 5) is 22.7. The van der Waals surface area contributed by atoms with Crippen LogP contribution in [-0.4, -0.2) is 23.8 Å². The number of nitrogens with two attached hydrogens (primary N) is 1. The summed E-state index contributed by atoms with van der Waals surface area (Å²) in [6.07, 6.45) is 0.485. The first-order valence-electron chi connectivity index (χ1n) is 10.4. The van der Waals surface area contributed by atoms with Gasteiger partial charge in [-0.15, -0.1) is 0 Å². The molecule has 2 atom stereocenters. The Balaban J connectivity index is 1.67. The third-order valence-electron chi connectivity index (χ3n) is 6.24. The highest BCUT2D eigenvalue weighted by atomic mass is 16.5. The minimum absolute atomic E-state index is 0.0717. The molecule has 0 saturated heterocycles. The zero-order chi connectivity index (χ0) is 22.3. The predicted octanol–water partition coefficient (Wildman–Crippen LogP) is 4.80. The van der Waals surface area contributed by atoms with Gasteiger partial charge in [0, 0.05) is 19.0 Å². The second-order valence-corrected chi connectivity index (χ2v) is 8.23. The van der Waals surface area contributed by atoms with Gasteiger partial charge in [0.15, 0.2) is 11.6 Å². The number of nitrogens with zero attached hydrogens (tertiary/aromatic N) is 3. The number of hydrogen-bond donors (Lipinski definition) is 1. The monoisotopic (exact) mass is 422 g/mol. The zero-order valence-corrected chi connectivity index (χ0v) is 17.7. The molecule has 2 unspecified atom stereocenters. The van der Waals surface area contributed by atoms with Crippen LogP contribution in [0.15, 0.2) is 77.8 Å². The van der Waals surface area contributed by atoms with Gasteiger partial charge in [0.05, 0.1) is 13.0 Å². The first-order valence-corrected chi connectivity index (χ1v) is 10.4. The summed E-state index contributed by atoms with van der Waals surface area (Å²) in [5.74, 6) is 0.836. The maximum Gasteiger partial charge on any atom is 0.231 e. The summed E-state index contributed by atoms with van der Waals surface area (Å²) in [5, 5.41) is 0. The first kappa shape index (κ1) is 19.8. The summed E-state index contributed by atoms with van der Waals surface area (Å²) >= 11 is 0. The summed E-state index contributed by atoms with van der Waals surface area (Å²) in [6, 6.07) is 23.4. The lowest BCUT2D eigenvalue weighted by Gasteiger charge is -2.43. The van der Waals surface area contributed by atoms with Crippen LogP contribution in [0.25, 0.3) is 16.0 Å². The number of hydrogen-bond acceptors (Lipinski definition) is 4. The van der Waals surface area contributed by atoms with E-state index in [2.05, 4.69) is 4.85 Å². The van der Waals surface area contributed by atoms with E-state index in [4.69, 9.17) is 22.0 Å². The van der Waals surface area contributed by atoms with Crippen LogP contribution in [0.5, 0.6) is 5.75 Å². The van der Waals surface area contributed by atoms with Crippen molar-refractivity contribution < 1.29 is 9.53 Å². The van der Waals surface area contributed by atoms with Crippen LogP contribution < -0.4 is 10.5 Å². The smallest absolute Gasteiger partial charge is 0.231 e. The van der Waals surface area contributed by atoms with Gasteiger partial charge in [0.25, 0.3) is 0 Å². The number of fused-ring (bicyclic) bond motifs is 2. The molecule has 2 aliphatic heterocycles. The molecular formula is C26H22N4O2. The van der Waals surface area contributed by atoms with E-state index < -0.39 is 5.54 Å². The molecule has 2 aliphatic rings. The van der Waals surface area contributed by atoms with Gasteiger partial charge in [-0.05, 0) is 34.9 Å². The van der Waals surface area contributed by atoms with Crippen molar-refractivity contribution in [1.29, 1.82) is 0 Å². The van der Waals surface area contributed by atoms with Crippen molar-refractivity contribution in [2.75, 3.05) is 7.05 Å². The summed E-state index contributed by atoms with van der Waals surface area (Å²) < 4.78 is 6.40. The van der Waals surface area contributed by atoms with Gasteiger partial charge >= 0.3 is 0 Å². The Morgan fingerprint density at radius 3 is 2.62 bits per heavy atom. The fourth-order valence-corrected chi connectivity index (χ4v) is 4.50. The third-order valence-corrected chi connectivity index (χ3v) is 6.24. The van der Waals surface area contributed by atoms with Crippen LogP contribution in [-0.2, 0) is 10.3 Å². The largest absolute Gasteiger partial charge is 0.485 e. The van der Waals surface area contributed by atoms with Gasteiger partial charge in [-0.25, -0.2) is 9.84 Å². The van der Waals surface area contributed by atoms with Gasteiger partial charge < -0.3 is 10.5 Å². The second-order valence-electron chi connectivity index (χ2n) is 8.23. The molecule has 3 aromatic rings. The highest BCUT2D eigenvalue weighted by molar-refractivity contribution is 5.99. The van der Waals surface area contributed by atoms with Crippen molar-refractivity contribution in [1.82, 2.24) is 4.90 Å². The summed E-state index contributed by atoms with van der Waals surface area (Å²) in [6.45, 7) is 7.31. The molecule has 0 aliphatic carbocycles. The van der Waals surface area contributed by atoms with Crippen molar-refractivity contribution in [2.24, 2.45) is 10.7 Å². The average Bonchev–Trinajstić information content (AvgIpc) is 2.83. The van der Waals surface area contributed by atoms with E-state index in [1.807, 2.05) is 66.7 Å². The van der Waals surface area contributed by atoms with Crippen LogP contribution in [0.3, 0.4) is 0 Å². The molecule has 6 heteroatoms. The number of rotatable bonds is 2. The fourth-order valence-electron chi connectivity index (χ4n) is 4.50. The summed E-state index contributed by atoms with van der Waals surface area (Å²) in [7, 11) is 1.65. The molecule has 6 nitrogen and oxygen atoms in total. The van der Waals surface area contributed by atoms with Gasteiger partial charge in [-0.1, -0.05) is 54.6 Å². The van der Waals surface area contributed by atoms with Crippen LogP contribution in [0.4, 0.5) is 5.69 Å². The van der Waals surface area contributed by atoms with E-state index >= 15 is 0 Å². The van der Waals surface area contributed by atoms with Crippen LogP contribution in [0, 0.1) is 6.57 Å². The van der Waals surface area contributed by atoms with E-state index in [9.17, 15) is 4.79 Å². The standard InChI is InChI=1S/C26H22N4O2/c1-28-20-10-6-9-18(13-20)19-11-12-22-21(14-19)26(16-24(31)30(2)25(27)29-26)15-23(32-22)17-7-4-3-5-8-17/h3-14,23H,15-16H2,2H3,(H2,27,29). The van der Waals surface area contributed by atoms with E-state index in [0.717, 1.165) is 22.3 Å². The summed E-state index contributed by atoms with van der Waals surface area (Å²) in [5.41, 5.74) is 9.70. The normalized spacial score (nSPS) is 22.0.